The van der Waals surface area contributed by atoms with Crippen LogP contribution in [0.1, 0.15) is 31.9 Å². The maximum Gasteiger partial charge on any atom is 0.408 e. The van der Waals surface area contributed by atoms with Gasteiger partial charge in [0, 0.05) is 18.2 Å². The topological polar surface area (TPSA) is 124 Å². The summed E-state index contributed by atoms with van der Waals surface area (Å²) < 4.78 is 41.1. The van der Waals surface area contributed by atoms with Gasteiger partial charge in [0.1, 0.15) is 11.6 Å². The van der Waals surface area contributed by atoms with Crippen LogP contribution in [-0.4, -0.2) is 71.7 Å². The van der Waals surface area contributed by atoms with Gasteiger partial charge in [-0.05, 0) is 44.0 Å². The summed E-state index contributed by atoms with van der Waals surface area (Å²) in [4.78, 5) is 32.5. The number of aliphatic imine (C=N–C) groups is 1. The maximum atomic E-state index is 13.6. The molecule has 39 heavy (non-hydrogen) atoms. The predicted octanol–water partition coefficient (Wildman–Crippen LogP) is 3.15. The number of amidine groups is 1. The van der Waals surface area contributed by atoms with Crippen LogP contribution in [-0.2, 0) is 32.3 Å². The molecule has 3 heterocycles. The van der Waals surface area contributed by atoms with Crippen LogP contribution in [0, 0.1) is 0 Å². The lowest BCUT2D eigenvalue weighted by atomic mass is 10.1. The highest BCUT2D eigenvalue weighted by Crippen LogP contribution is 2.40. The van der Waals surface area contributed by atoms with E-state index in [2.05, 4.69) is 10.3 Å². The van der Waals surface area contributed by atoms with Gasteiger partial charge in [-0.25, -0.2) is 13.2 Å². The van der Waals surface area contributed by atoms with Gasteiger partial charge in [-0.1, -0.05) is 48.2 Å². The lowest BCUT2D eigenvalue weighted by Gasteiger charge is -2.25. The summed E-state index contributed by atoms with van der Waals surface area (Å²) in [5.41, 5.74) is 0.992. The molecule has 0 bridgehead atoms. The molecule has 12 heteroatoms. The quantitative estimate of drug-likeness (QED) is 0.555. The van der Waals surface area contributed by atoms with E-state index in [1.807, 2.05) is 53.4 Å². The van der Waals surface area contributed by atoms with Crippen molar-refractivity contribution in [1.29, 1.82) is 0 Å². The third-order valence-corrected chi connectivity index (χ3v) is 9.69. The van der Waals surface area contributed by atoms with E-state index >= 15 is 0 Å². The molecule has 3 aliphatic rings. The van der Waals surface area contributed by atoms with Crippen molar-refractivity contribution in [3.8, 4) is 11.5 Å². The van der Waals surface area contributed by atoms with Crippen LogP contribution in [0.2, 0.25) is 0 Å². The summed E-state index contributed by atoms with van der Waals surface area (Å²) in [7, 11) is -3.20. The monoisotopic (exact) mass is 573 g/mol. The number of carbonyl (C=O) groups is 2. The van der Waals surface area contributed by atoms with Crippen molar-refractivity contribution in [2.24, 2.45) is 4.99 Å². The van der Waals surface area contributed by atoms with Gasteiger partial charge in [0.25, 0.3) is 5.91 Å². The van der Waals surface area contributed by atoms with Crippen molar-refractivity contribution in [3.63, 3.8) is 0 Å². The smallest absolute Gasteiger partial charge is 0.408 e. The van der Waals surface area contributed by atoms with Crippen LogP contribution in [0.15, 0.2) is 53.5 Å². The first-order valence-electron chi connectivity index (χ1n) is 12.6. The highest BCUT2D eigenvalue weighted by atomic mass is 32.2. The molecule has 0 radical (unpaired) electrons. The minimum absolute atomic E-state index is 0.00791. The number of thioether (sulfide) groups is 1. The summed E-state index contributed by atoms with van der Waals surface area (Å²) in [5, 5.41) is 2.88. The lowest BCUT2D eigenvalue weighted by molar-refractivity contribution is -0.119. The summed E-state index contributed by atoms with van der Waals surface area (Å²) in [6, 6.07) is 13.6. The van der Waals surface area contributed by atoms with Gasteiger partial charge in [-0.2, -0.15) is 4.99 Å². The second-order valence-corrected chi connectivity index (χ2v) is 14.1. The van der Waals surface area contributed by atoms with E-state index in [9.17, 15) is 18.0 Å². The van der Waals surface area contributed by atoms with Crippen molar-refractivity contribution in [3.05, 3.63) is 59.7 Å². The Morgan fingerprint density at radius 2 is 1.85 bits per heavy atom. The summed E-state index contributed by atoms with van der Waals surface area (Å²) in [6.45, 7) is 5.73. The predicted molar refractivity (Wildman–Crippen MR) is 148 cm³/mol. The molecule has 2 aromatic rings. The maximum absolute atomic E-state index is 13.6. The van der Waals surface area contributed by atoms with Crippen LogP contribution < -0.4 is 14.8 Å². The molecule has 0 aliphatic carbocycles. The molecule has 2 fully saturated rings. The minimum Gasteiger partial charge on any atom is -0.454 e. The van der Waals surface area contributed by atoms with E-state index in [4.69, 9.17) is 14.2 Å². The molecule has 208 valence electrons. The zero-order chi connectivity index (χ0) is 27.8. The Kier molecular flexibility index (Phi) is 7.51. The first kappa shape index (κ1) is 27.3. The Labute approximate surface area is 232 Å². The first-order valence-corrected chi connectivity index (χ1v) is 15.3. The second kappa shape index (κ2) is 10.7. The molecule has 0 aromatic heterocycles. The number of carbonyl (C=O) groups excluding carboxylic acids is 2. The molecule has 3 atom stereocenters. The molecular weight excluding hydrogens is 542 g/mol. The average Bonchev–Trinajstić information content (AvgIpc) is 3.51. The zero-order valence-corrected chi connectivity index (χ0v) is 23.6. The van der Waals surface area contributed by atoms with Crippen molar-refractivity contribution < 1.29 is 32.2 Å². The van der Waals surface area contributed by atoms with E-state index in [0.29, 0.717) is 23.2 Å². The number of sulfone groups is 1. The Balaban J connectivity index is 1.41. The fourth-order valence-corrected chi connectivity index (χ4v) is 8.68. The third kappa shape index (κ3) is 6.67. The molecule has 2 amide bonds. The summed E-state index contributed by atoms with van der Waals surface area (Å²) in [5.74, 6) is 0.750. The number of rotatable bonds is 6. The van der Waals surface area contributed by atoms with Crippen LogP contribution in [0.5, 0.6) is 11.5 Å². The van der Waals surface area contributed by atoms with Crippen LogP contribution >= 0.6 is 11.8 Å². The fourth-order valence-electron chi connectivity index (χ4n) is 4.73. The molecule has 5 rings (SSSR count). The molecule has 10 nitrogen and oxygen atoms in total. The molecule has 0 unspecified atom stereocenters. The Bertz CT molecular complexity index is 1390. The van der Waals surface area contributed by atoms with Gasteiger partial charge < -0.3 is 24.4 Å². The number of ether oxygens (including phenoxy) is 3. The van der Waals surface area contributed by atoms with E-state index in [-0.39, 0.29) is 36.0 Å². The molecule has 0 spiro atoms. The number of nitrogens with one attached hydrogen (secondary N) is 1. The van der Waals surface area contributed by atoms with Gasteiger partial charge in [-0.3, -0.25) is 4.79 Å². The van der Waals surface area contributed by atoms with E-state index in [0.717, 1.165) is 11.1 Å². The standard InChI is InChI=1S/C27H31N3O7S2/c1-27(2,3)37-26(32)28-19(11-17-7-5-4-6-8-17)24(31)29-25-30(20-14-39(33,34)15-23(20)38-25)13-18-9-10-21-22(12-18)36-16-35-21/h4-10,12,19-20,23H,11,13-16H2,1-3H3,(H,28,32)/t19-,20+,23-/m1/s1. The van der Waals surface area contributed by atoms with E-state index < -0.39 is 33.5 Å². The van der Waals surface area contributed by atoms with Gasteiger partial charge in [0.2, 0.25) is 6.79 Å². The molecule has 2 saturated heterocycles. The normalized spacial score (nSPS) is 22.9. The number of alkyl carbamates (subject to hydrolysis) is 1. The Morgan fingerprint density at radius 1 is 1.10 bits per heavy atom. The molecule has 2 aromatic carbocycles. The molecule has 0 saturated carbocycles. The average molecular weight is 574 g/mol. The zero-order valence-electron chi connectivity index (χ0n) is 22.0. The third-order valence-electron chi connectivity index (χ3n) is 6.44. The van der Waals surface area contributed by atoms with Crippen molar-refractivity contribution in [1.82, 2.24) is 10.2 Å². The summed E-state index contributed by atoms with van der Waals surface area (Å²) in [6.07, 6.45) is -0.486. The van der Waals surface area contributed by atoms with Gasteiger partial charge in [-0.15, -0.1) is 0 Å². The molecular formula is C27H31N3O7S2. The first-order chi connectivity index (χ1) is 18.5. The van der Waals surface area contributed by atoms with Crippen LogP contribution in [0.25, 0.3) is 0 Å². The number of fused-ring (bicyclic) bond motifs is 2. The largest absolute Gasteiger partial charge is 0.454 e. The number of hydrogen-bond donors (Lipinski definition) is 1. The van der Waals surface area contributed by atoms with Crippen LogP contribution in [0.4, 0.5) is 4.79 Å². The highest BCUT2D eigenvalue weighted by molar-refractivity contribution is 8.15. The Hall–Kier alpha value is -3.25. The van der Waals surface area contributed by atoms with E-state index in [1.165, 1.54) is 11.8 Å². The number of amides is 2. The van der Waals surface area contributed by atoms with E-state index in [1.54, 1.807) is 20.8 Å². The number of benzene rings is 2. The van der Waals surface area contributed by atoms with Gasteiger partial charge in [0.15, 0.2) is 26.5 Å². The van der Waals surface area contributed by atoms with Crippen molar-refractivity contribution in [2.45, 2.75) is 56.7 Å². The molecule has 1 N–H and O–H groups in total. The summed E-state index contributed by atoms with van der Waals surface area (Å²) >= 11 is 1.29. The minimum atomic E-state index is -3.20. The number of nitrogens with zero attached hydrogens (tertiary/aromatic N) is 2. The van der Waals surface area contributed by atoms with Gasteiger partial charge >= 0.3 is 6.09 Å². The van der Waals surface area contributed by atoms with Gasteiger partial charge in [0.05, 0.1) is 17.5 Å². The van der Waals surface area contributed by atoms with Crippen LogP contribution in [0.3, 0.4) is 0 Å². The SMILES string of the molecule is CC(C)(C)OC(=O)N[C@H](Cc1ccccc1)C(=O)N=C1S[C@@H]2CS(=O)(=O)C[C@@H]2N1Cc1ccc2c(c1)OCO2. The highest BCUT2D eigenvalue weighted by Gasteiger charge is 2.49. The Morgan fingerprint density at radius 3 is 2.59 bits per heavy atom. The van der Waals surface area contributed by atoms with Crippen molar-refractivity contribution in [2.75, 3.05) is 18.3 Å². The number of hydrogen-bond acceptors (Lipinski definition) is 8. The van der Waals surface area contributed by atoms with Crippen molar-refractivity contribution >= 4 is 38.8 Å². The molecule has 3 aliphatic heterocycles. The lowest BCUT2D eigenvalue weighted by Crippen LogP contribution is -2.45. The second-order valence-electron chi connectivity index (χ2n) is 10.7. The fraction of sp³-hybridized carbons (Fsp3) is 0.444.